The SMILES string of the molecule is Cc1ccncc1NC(=O)Cc1cccc(O[C@@H]2CC(=O)N2)c1. The standard InChI is InChI=1S/C17H17N3O3/c1-11-5-6-18-10-14(11)19-15(21)8-12-3-2-4-13(7-12)23-17-9-16(22)20-17/h2-7,10,17H,8-9H2,1H3,(H,19,21)(H,20,22)/t17-/m1/s1. The summed E-state index contributed by atoms with van der Waals surface area (Å²) < 4.78 is 5.61. The Labute approximate surface area is 133 Å². The fourth-order valence-corrected chi connectivity index (χ4v) is 2.27. The normalized spacial score (nSPS) is 16.2. The van der Waals surface area contributed by atoms with E-state index < -0.39 is 0 Å². The van der Waals surface area contributed by atoms with Gasteiger partial charge in [-0.25, -0.2) is 0 Å². The first-order valence-corrected chi connectivity index (χ1v) is 7.35. The molecule has 23 heavy (non-hydrogen) atoms. The third-order valence-electron chi connectivity index (χ3n) is 3.55. The summed E-state index contributed by atoms with van der Waals surface area (Å²) in [5.41, 5.74) is 2.51. The molecule has 1 aliphatic rings. The molecule has 0 unspecified atom stereocenters. The quantitative estimate of drug-likeness (QED) is 0.825. The second kappa shape index (κ2) is 6.48. The third-order valence-corrected chi connectivity index (χ3v) is 3.55. The van der Waals surface area contributed by atoms with Crippen molar-refractivity contribution in [1.29, 1.82) is 0 Å². The minimum atomic E-state index is -0.274. The molecular weight excluding hydrogens is 294 g/mol. The van der Waals surface area contributed by atoms with Gasteiger partial charge in [0.1, 0.15) is 5.75 Å². The van der Waals surface area contributed by atoms with Crippen molar-refractivity contribution in [3.63, 3.8) is 0 Å². The highest BCUT2D eigenvalue weighted by molar-refractivity contribution is 5.92. The van der Waals surface area contributed by atoms with E-state index in [2.05, 4.69) is 15.6 Å². The van der Waals surface area contributed by atoms with Gasteiger partial charge in [0, 0.05) is 6.20 Å². The first-order valence-electron chi connectivity index (χ1n) is 7.35. The number of β-lactam (4-membered cyclic amide) rings is 1. The topological polar surface area (TPSA) is 80.3 Å². The molecule has 0 bridgehead atoms. The maximum absolute atomic E-state index is 12.1. The Morgan fingerprint density at radius 2 is 2.26 bits per heavy atom. The molecule has 1 aliphatic heterocycles. The molecule has 0 aliphatic carbocycles. The van der Waals surface area contributed by atoms with Gasteiger partial charge >= 0.3 is 0 Å². The van der Waals surface area contributed by atoms with Crippen molar-refractivity contribution in [3.8, 4) is 5.75 Å². The monoisotopic (exact) mass is 311 g/mol. The van der Waals surface area contributed by atoms with Crippen LogP contribution in [0.15, 0.2) is 42.7 Å². The highest BCUT2D eigenvalue weighted by Crippen LogP contribution is 2.19. The summed E-state index contributed by atoms with van der Waals surface area (Å²) in [6, 6.07) is 9.14. The van der Waals surface area contributed by atoms with Gasteiger partial charge in [0.25, 0.3) is 0 Å². The number of nitrogens with zero attached hydrogens (tertiary/aromatic N) is 1. The number of hydrogen-bond donors (Lipinski definition) is 2. The van der Waals surface area contributed by atoms with E-state index in [1.807, 2.05) is 25.1 Å². The van der Waals surface area contributed by atoms with Crippen LogP contribution in [0.3, 0.4) is 0 Å². The fraction of sp³-hybridized carbons (Fsp3) is 0.235. The molecule has 2 heterocycles. The van der Waals surface area contributed by atoms with Gasteiger partial charge in [-0.05, 0) is 36.2 Å². The highest BCUT2D eigenvalue weighted by Gasteiger charge is 2.26. The molecule has 2 N–H and O–H groups in total. The van der Waals surface area contributed by atoms with E-state index in [0.29, 0.717) is 17.9 Å². The van der Waals surface area contributed by atoms with Crippen LogP contribution in [0.2, 0.25) is 0 Å². The minimum absolute atomic E-state index is 0.0163. The van der Waals surface area contributed by atoms with Crippen molar-refractivity contribution in [2.24, 2.45) is 0 Å². The Bertz CT molecular complexity index is 737. The summed E-state index contributed by atoms with van der Waals surface area (Å²) in [6.45, 7) is 1.92. The van der Waals surface area contributed by atoms with Crippen molar-refractivity contribution >= 4 is 17.5 Å². The van der Waals surface area contributed by atoms with Gasteiger partial charge in [-0.3, -0.25) is 14.6 Å². The zero-order valence-electron chi connectivity index (χ0n) is 12.7. The van der Waals surface area contributed by atoms with Gasteiger partial charge < -0.3 is 15.4 Å². The molecule has 118 valence electrons. The molecule has 1 fully saturated rings. The van der Waals surface area contributed by atoms with Crippen molar-refractivity contribution in [3.05, 3.63) is 53.9 Å². The average Bonchev–Trinajstić information content (AvgIpc) is 2.48. The summed E-state index contributed by atoms with van der Waals surface area (Å²) in [4.78, 5) is 27.0. The number of anilines is 1. The Morgan fingerprint density at radius 1 is 1.43 bits per heavy atom. The molecule has 6 heteroatoms. The van der Waals surface area contributed by atoms with Crippen LogP contribution < -0.4 is 15.4 Å². The predicted molar refractivity (Wildman–Crippen MR) is 84.9 cm³/mol. The number of rotatable bonds is 5. The summed E-state index contributed by atoms with van der Waals surface area (Å²) in [5.74, 6) is 0.505. The number of benzene rings is 1. The molecule has 2 aromatic rings. The second-order valence-corrected chi connectivity index (χ2v) is 5.44. The smallest absolute Gasteiger partial charge is 0.228 e. The van der Waals surface area contributed by atoms with E-state index in [1.165, 1.54) is 0 Å². The Morgan fingerprint density at radius 3 is 3.00 bits per heavy atom. The number of amides is 2. The van der Waals surface area contributed by atoms with E-state index in [0.717, 1.165) is 11.1 Å². The Kier molecular flexibility index (Phi) is 4.23. The van der Waals surface area contributed by atoms with Crippen LogP contribution >= 0.6 is 0 Å². The molecule has 1 atom stereocenters. The van der Waals surface area contributed by atoms with Crippen LogP contribution in [0, 0.1) is 6.92 Å². The van der Waals surface area contributed by atoms with Gasteiger partial charge in [0.15, 0.2) is 6.23 Å². The lowest BCUT2D eigenvalue weighted by atomic mass is 10.1. The van der Waals surface area contributed by atoms with E-state index in [4.69, 9.17) is 4.74 Å². The largest absolute Gasteiger partial charge is 0.470 e. The zero-order chi connectivity index (χ0) is 16.2. The first-order chi connectivity index (χ1) is 11.1. The lowest BCUT2D eigenvalue weighted by Gasteiger charge is -2.27. The van der Waals surface area contributed by atoms with E-state index in [9.17, 15) is 9.59 Å². The zero-order valence-corrected chi connectivity index (χ0v) is 12.7. The third kappa shape index (κ3) is 3.85. The molecule has 3 rings (SSSR count). The van der Waals surface area contributed by atoms with Gasteiger partial charge in [-0.2, -0.15) is 0 Å². The molecule has 0 radical (unpaired) electrons. The Balaban J connectivity index is 1.60. The van der Waals surface area contributed by atoms with Crippen molar-refractivity contribution in [1.82, 2.24) is 10.3 Å². The molecule has 0 saturated carbocycles. The number of aromatic nitrogens is 1. The molecule has 1 saturated heterocycles. The number of nitrogens with one attached hydrogen (secondary N) is 2. The Hall–Kier alpha value is -2.89. The van der Waals surface area contributed by atoms with Crippen LogP contribution in [0.25, 0.3) is 0 Å². The highest BCUT2D eigenvalue weighted by atomic mass is 16.5. The summed E-state index contributed by atoms with van der Waals surface area (Å²) in [6.07, 6.45) is 3.65. The second-order valence-electron chi connectivity index (χ2n) is 5.44. The van der Waals surface area contributed by atoms with Crippen LogP contribution in [-0.2, 0) is 16.0 Å². The van der Waals surface area contributed by atoms with Gasteiger partial charge in [-0.1, -0.05) is 12.1 Å². The fourth-order valence-electron chi connectivity index (χ4n) is 2.27. The molecule has 2 amide bonds. The number of hydrogen-bond acceptors (Lipinski definition) is 4. The molecule has 6 nitrogen and oxygen atoms in total. The average molecular weight is 311 g/mol. The molecular formula is C17H17N3O3. The summed E-state index contributed by atoms with van der Waals surface area (Å²) in [5, 5.41) is 5.49. The molecule has 0 spiro atoms. The van der Waals surface area contributed by atoms with E-state index in [-0.39, 0.29) is 24.5 Å². The van der Waals surface area contributed by atoms with Crippen LogP contribution in [0.5, 0.6) is 5.75 Å². The summed E-state index contributed by atoms with van der Waals surface area (Å²) in [7, 11) is 0. The predicted octanol–water partition coefficient (Wildman–Crippen LogP) is 1.80. The van der Waals surface area contributed by atoms with Gasteiger partial charge in [0.05, 0.1) is 24.7 Å². The van der Waals surface area contributed by atoms with Gasteiger partial charge in [0.2, 0.25) is 11.8 Å². The number of ether oxygens (including phenoxy) is 1. The van der Waals surface area contributed by atoms with Crippen molar-refractivity contribution in [2.75, 3.05) is 5.32 Å². The van der Waals surface area contributed by atoms with E-state index in [1.54, 1.807) is 24.5 Å². The van der Waals surface area contributed by atoms with Crippen LogP contribution in [0.1, 0.15) is 17.5 Å². The minimum Gasteiger partial charge on any atom is -0.470 e. The van der Waals surface area contributed by atoms with Crippen molar-refractivity contribution in [2.45, 2.75) is 26.0 Å². The van der Waals surface area contributed by atoms with Crippen molar-refractivity contribution < 1.29 is 14.3 Å². The van der Waals surface area contributed by atoms with Crippen LogP contribution in [-0.4, -0.2) is 23.0 Å². The lowest BCUT2D eigenvalue weighted by molar-refractivity contribution is -0.134. The molecule has 1 aromatic heterocycles. The summed E-state index contributed by atoms with van der Waals surface area (Å²) >= 11 is 0. The van der Waals surface area contributed by atoms with Crippen LogP contribution in [0.4, 0.5) is 5.69 Å². The van der Waals surface area contributed by atoms with Gasteiger partial charge in [-0.15, -0.1) is 0 Å². The number of carbonyl (C=O) groups is 2. The number of aryl methyl sites for hydroxylation is 1. The van der Waals surface area contributed by atoms with E-state index >= 15 is 0 Å². The maximum atomic E-state index is 12.1. The maximum Gasteiger partial charge on any atom is 0.228 e. The molecule has 1 aromatic carbocycles. The number of carbonyl (C=O) groups excluding carboxylic acids is 2. The first kappa shape index (κ1) is 15.0. The number of pyridine rings is 1. The lowest BCUT2D eigenvalue weighted by Crippen LogP contribution is -2.51.